The zero-order valence-electron chi connectivity index (χ0n) is 9.82. The Labute approximate surface area is 96.4 Å². The van der Waals surface area contributed by atoms with E-state index >= 15 is 0 Å². The summed E-state index contributed by atoms with van der Waals surface area (Å²) in [5.41, 5.74) is 5.94. The third-order valence-corrected chi connectivity index (χ3v) is 3.38. The molecule has 1 aromatic rings. The molecule has 0 bridgehead atoms. The molecule has 2 N–H and O–H groups in total. The SMILES string of the molecule is CCCCOC(c1ccc(C)s1)C(C)N. The third kappa shape index (κ3) is 3.93. The highest BCUT2D eigenvalue weighted by molar-refractivity contribution is 7.12. The van der Waals surface area contributed by atoms with E-state index in [0.717, 1.165) is 19.4 Å². The number of rotatable bonds is 6. The van der Waals surface area contributed by atoms with E-state index < -0.39 is 0 Å². The first-order valence-electron chi connectivity index (χ1n) is 5.58. The second-order valence-corrected chi connectivity index (χ2v) is 5.27. The van der Waals surface area contributed by atoms with Crippen molar-refractivity contribution >= 4 is 11.3 Å². The summed E-state index contributed by atoms with van der Waals surface area (Å²) in [5.74, 6) is 0. The Kier molecular flexibility index (Phi) is 5.29. The molecular formula is C12H21NOS. The predicted molar refractivity (Wildman–Crippen MR) is 66.3 cm³/mol. The standard InChI is InChI=1S/C12H21NOS/c1-4-5-8-14-12(10(3)13)11-7-6-9(2)15-11/h6-7,10,12H,4-5,8,13H2,1-3H3. The molecule has 3 heteroatoms. The third-order valence-electron chi connectivity index (χ3n) is 2.31. The maximum Gasteiger partial charge on any atom is 0.106 e. The number of nitrogens with two attached hydrogens (primary N) is 1. The predicted octanol–water partition coefficient (Wildman–Crippen LogP) is 3.26. The van der Waals surface area contributed by atoms with Gasteiger partial charge >= 0.3 is 0 Å². The van der Waals surface area contributed by atoms with Crippen molar-refractivity contribution in [2.75, 3.05) is 6.61 Å². The maximum atomic E-state index is 5.94. The molecule has 2 nitrogen and oxygen atoms in total. The van der Waals surface area contributed by atoms with Crippen molar-refractivity contribution in [2.24, 2.45) is 5.73 Å². The fraction of sp³-hybridized carbons (Fsp3) is 0.667. The van der Waals surface area contributed by atoms with Gasteiger partial charge in [0.05, 0.1) is 0 Å². The largest absolute Gasteiger partial charge is 0.371 e. The zero-order chi connectivity index (χ0) is 11.3. The van der Waals surface area contributed by atoms with Gasteiger partial charge in [-0.3, -0.25) is 0 Å². The number of unbranched alkanes of at least 4 members (excludes halogenated alkanes) is 1. The van der Waals surface area contributed by atoms with Crippen LogP contribution >= 0.6 is 11.3 Å². The fourth-order valence-electron chi connectivity index (χ4n) is 1.45. The fourth-order valence-corrected chi connectivity index (χ4v) is 2.50. The summed E-state index contributed by atoms with van der Waals surface area (Å²) in [6.45, 7) is 7.09. The molecule has 0 saturated heterocycles. The molecule has 0 saturated carbocycles. The summed E-state index contributed by atoms with van der Waals surface area (Å²) >= 11 is 1.78. The zero-order valence-corrected chi connectivity index (χ0v) is 10.6. The summed E-state index contributed by atoms with van der Waals surface area (Å²) in [7, 11) is 0. The number of hydrogen-bond donors (Lipinski definition) is 1. The first kappa shape index (κ1) is 12.7. The number of thiophene rings is 1. The highest BCUT2D eigenvalue weighted by atomic mass is 32.1. The average molecular weight is 227 g/mol. The Balaban J connectivity index is 2.58. The smallest absolute Gasteiger partial charge is 0.106 e. The van der Waals surface area contributed by atoms with Gasteiger partial charge in [0.25, 0.3) is 0 Å². The van der Waals surface area contributed by atoms with E-state index in [1.807, 2.05) is 6.92 Å². The molecule has 1 heterocycles. The number of aryl methyl sites for hydroxylation is 1. The summed E-state index contributed by atoms with van der Waals surface area (Å²) < 4.78 is 5.83. The van der Waals surface area contributed by atoms with E-state index in [9.17, 15) is 0 Å². The van der Waals surface area contributed by atoms with Crippen molar-refractivity contribution < 1.29 is 4.74 Å². The van der Waals surface area contributed by atoms with E-state index in [1.165, 1.54) is 9.75 Å². The van der Waals surface area contributed by atoms with Crippen LogP contribution in [0.2, 0.25) is 0 Å². The van der Waals surface area contributed by atoms with Gasteiger partial charge in [-0.1, -0.05) is 13.3 Å². The van der Waals surface area contributed by atoms with Gasteiger partial charge in [0.15, 0.2) is 0 Å². The molecule has 2 unspecified atom stereocenters. The Hall–Kier alpha value is -0.380. The van der Waals surface area contributed by atoms with Gasteiger partial charge in [-0.2, -0.15) is 0 Å². The van der Waals surface area contributed by atoms with Crippen LogP contribution in [0.25, 0.3) is 0 Å². The quantitative estimate of drug-likeness (QED) is 0.757. The number of hydrogen-bond acceptors (Lipinski definition) is 3. The van der Waals surface area contributed by atoms with Crippen molar-refractivity contribution in [3.05, 3.63) is 21.9 Å². The minimum Gasteiger partial charge on any atom is -0.371 e. The van der Waals surface area contributed by atoms with Crippen LogP contribution in [0.1, 0.15) is 42.5 Å². The molecular weight excluding hydrogens is 206 g/mol. The molecule has 0 aromatic carbocycles. The molecule has 0 spiro atoms. The van der Waals surface area contributed by atoms with Crippen molar-refractivity contribution in [2.45, 2.75) is 45.8 Å². The molecule has 0 aliphatic heterocycles. The molecule has 0 amide bonds. The van der Waals surface area contributed by atoms with Gasteiger partial charge in [-0.15, -0.1) is 11.3 Å². The molecule has 1 aromatic heterocycles. The van der Waals surface area contributed by atoms with E-state index in [2.05, 4.69) is 26.0 Å². The molecule has 1 rings (SSSR count). The van der Waals surface area contributed by atoms with E-state index in [1.54, 1.807) is 11.3 Å². The van der Waals surface area contributed by atoms with Gasteiger partial charge < -0.3 is 10.5 Å². The minimum absolute atomic E-state index is 0.0555. The Morgan fingerprint density at radius 1 is 1.47 bits per heavy atom. The normalized spacial score (nSPS) is 15.2. The van der Waals surface area contributed by atoms with Crippen LogP contribution in [-0.4, -0.2) is 12.6 Å². The first-order chi connectivity index (χ1) is 7.15. The van der Waals surface area contributed by atoms with Gasteiger partial charge in [0, 0.05) is 22.4 Å². The van der Waals surface area contributed by atoms with Crippen molar-refractivity contribution in [3.8, 4) is 0 Å². The van der Waals surface area contributed by atoms with Crippen LogP contribution in [0.4, 0.5) is 0 Å². The van der Waals surface area contributed by atoms with Crippen LogP contribution in [0.15, 0.2) is 12.1 Å². The van der Waals surface area contributed by atoms with E-state index in [0.29, 0.717) is 0 Å². The highest BCUT2D eigenvalue weighted by Gasteiger charge is 2.18. The monoisotopic (exact) mass is 227 g/mol. The Morgan fingerprint density at radius 3 is 2.67 bits per heavy atom. The second kappa shape index (κ2) is 6.26. The van der Waals surface area contributed by atoms with Crippen LogP contribution in [0.3, 0.4) is 0 Å². The van der Waals surface area contributed by atoms with Crippen LogP contribution < -0.4 is 5.73 Å². The lowest BCUT2D eigenvalue weighted by Crippen LogP contribution is -2.26. The number of ether oxygens (including phenoxy) is 1. The average Bonchev–Trinajstić information content (AvgIpc) is 2.59. The highest BCUT2D eigenvalue weighted by Crippen LogP contribution is 2.27. The second-order valence-electron chi connectivity index (χ2n) is 3.95. The lowest BCUT2D eigenvalue weighted by molar-refractivity contribution is 0.0390. The molecule has 0 radical (unpaired) electrons. The summed E-state index contributed by atoms with van der Waals surface area (Å²) in [4.78, 5) is 2.56. The Morgan fingerprint density at radius 2 is 2.20 bits per heavy atom. The van der Waals surface area contributed by atoms with Crippen LogP contribution in [0.5, 0.6) is 0 Å². The molecule has 2 atom stereocenters. The topological polar surface area (TPSA) is 35.2 Å². The summed E-state index contributed by atoms with van der Waals surface area (Å²) in [6, 6.07) is 4.30. The van der Waals surface area contributed by atoms with E-state index in [4.69, 9.17) is 10.5 Å². The lowest BCUT2D eigenvalue weighted by atomic mass is 10.1. The molecule has 15 heavy (non-hydrogen) atoms. The summed E-state index contributed by atoms with van der Waals surface area (Å²) in [6.07, 6.45) is 2.33. The van der Waals surface area contributed by atoms with Gasteiger partial charge in [-0.25, -0.2) is 0 Å². The minimum atomic E-state index is 0.0555. The molecule has 86 valence electrons. The molecule has 0 fully saturated rings. The molecule has 0 aliphatic carbocycles. The van der Waals surface area contributed by atoms with Gasteiger partial charge in [0.1, 0.15) is 6.10 Å². The molecule has 0 aliphatic rings. The maximum absolute atomic E-state index is 5.94. The van der Waals surface area contributed by atoms with Crippen LogP contribution in [0, 0.1) is 6.92 Å². The summed E-state index contributed by atoms with van der Waals surface area (Å²) in [5, 5.41) is 0. The lowest BCUT2D eigenvalue weighted by Gasteiger charge is -2.20. The van der Waals surface area contributed by atoms with Crippen molar-refractivity contribution in [3.63, 3.8) is 0 Å². The van der Waals surface area contributed by atoms with E-state index in [-0.39, 0.29) is 12.1 Å². The van der Waals surface area contributed by atoms with Gasteiger partial charge in [0.2, 0.25) is 0 Å². The van der Waals surface area contributed by atoms with Gasteiger partial charge in [-0.05, 0) is 32.4 Å². The van der Waals surface area contributed by atoms with Crippen molar-refractivity contribution in [1.29, 1.82) is 0 Å². The van der Waals surface area contributed by atoms with Crippen LogP contribution in [-0.2, 0) is 4.74 Å². The van der Waals surface area contributed by atoms with Crippen molar-refractivity contribution in [1.82, 2.24) is 0 Å². The first-order valence-corrected chi connectivity index (χ1v) is 6.40. The Bertz CT molecular complexity index is 283.